The summed E-state index contributed by atoms with van der Waals surface area (Å²) in [6.07, 6.45) is -2.85. The van der Waals surface area contributed by atoms with Gasteiger partial charge >= 0.3 is 6.18 Å². The van der Waals surface area contributed by atoms with Crippen molar-refractivity contribution in [2.24, 2.45) is 0 Å². The summed E-state index contributed by atoms with van der Waals surface area (Å²) in [5.41, 5.74) is 0.974. The molecule has 0 radical (unpaired) electrons. The van der Waals surface area contributed by atoms with Gasteiger partial charge in [-0.15, -0.1) is 0 Å². The van der Waals surface area contributed by atoms with Gasteiger partial charge in [-0.25, -0.2) is 0 Å². The Morgan fingerprint density at radius 3 is 2.52 bits per heavy atom. The van der Waals surface area contributed by atoms with Crippen molar-refractivity contribution in [3.63, 3.8) is 0 Å². The second-order valence-electron chi connectivity index (χ2n) is 5.46. The van der Waals surface area contributed by atoms with E-state index in [1.54, 1.807) is 6.08 Å². The fourth-order valence-electron chi connectivity index (χ4n) is 2.43. The molecule has 25 heavy (non-hydrogen) atoms. The van der Waals surface area contributed by atoms with Gasteiger partial charge in [-0.3, -0.25) is 15.1 Å². The van der Waals surface area contributed by atoms with Crippen molar-refractivity contribution in [1.82, 2.24) is 0 Å². The summed E-state index contributed by atoms with van der Waals surface area (Å²) in [7, 11) is 0. The number of halogens is 3. The van der Waals surface area contributed by atoms with Crippen LogP contribution in [0.2, 0.25) is 0 Å². The SMILES string of the molecule is Cc1ccccc1/C=C1\SC(=N)N(c2cccc(C(F)(F)F)c2)C1=O. The molecule has 2 aromatic carbocycles. The van der Waals surface area contributed by atoms with Crippen LogP contribution in [-0.2, 0) is 11.0 Å². The van der Waals surface area contributed by atoms with Crippen molar-refractivity contribution in [2.75, 3.05) is 4.90 Å². The molecule has 1 aliphatic heterocycles. The minimum absolute atomic E-state index is 0.0329. The molecule has 1 N–H and O–H groups in total. The quantitative estimate of drug-likeness (QED) is 0.758. The van der Waals surface area contributed by atoms with E-state index in [2.05, 4.69) is 0 Å². The number of hydrogen-bond donors (Lipinski definition) is 1. The van der Waals surface area contributed by atoms with Gasteiger partial charge in [-0.2, -0.15) is 13.2 Å². The molecule has 0 atom stereocenters. The van der Waals surface area contributed by atoms with Crippen molar-refractivity contribution in [3.8, 4) is 0 Å². The van der Waals surface area contributed by atoms with E-state index >= 15 is 0 Å². The van der Waals surface area contributed by atoms with Gasteiger partial charge in [0, 0.05) is 0 Å². The van der Waals surface area contributed by atoms with E-state index in [0.717, 1.165) is 39.9 Å². The van der Waals surface area contributed by atoms with Gasteiger partial charge in [0.2, 0.25) is 0 Å². The second-order valence-corrected chi connectivity index (χ2v) is 6.49. The van der Waals surface area contributed by atoms with Gasteiger partial charge in [0.15, 0.2) is 5.17 Å². The maximum Gasteiger partial charge on any atom is 0.416 e. The molecule has 0 aliphatic carbocycles. The van der Waals surface area contributed by atoms with Gasteiger partial charge in [0.05, 0.1) is 16.2 Å². The zero-order valence-electron chi connectivity index (χ0n) is 13.1. The Hall–Kier alpha value is -2.54. The van der Waals surface area contributed by atoms with Crippen molar-refractivity contribution in [3.05, 3.63) is 70.1 Å². The third-order valence-electron chi connectivity index (χ3n) is 3.73. The monoisotopic (exact) mass is 362 g/mol. The number of nitrogens with zero attached hydrogens (tertiary/aromatic N) is 1. The van der Waals surface area contributed by atoms with Crippen LogP contribution in [0.5, 0.6) is 0 Å². The van der Waals surface area contributed by atoms with Crippen molar-refractivity contribution in [2.45, 2.75) is 13.1 Å². The molecule has 7 heteroatoms. The van der Waals surface area contributed by atoms with Crippen LogP contribution >= 0.6 is 11.8 Å². The van der Waals surface area contributed by atoms with E-state index < -0.39 is 17.6 Å². The lowest BCUT2D eigenvalue weighted by molar-refractivity contribution is -0.137. The molecule has 1 heterocycles. The van der Waals surface area contributed by atoms with Crippen molar-refractivity contribution < 1.29 is 18.0 Å². The smallest absolute Gasteiger partial charge is 0.278 e. The number of nitrogens with one attached hydrogen (secondary N) is 1. The summed E-state index contributed by atoms with van der Waals surface area (Å²) in [4.78, 5) is 13.9. The topological polar surface area (TPSA) is 44.2 Å². The lowest BCUT2D eigenvalue weighted by Crippen LogP contribution is -2.28. The lowest BCUT2D eigenvalue weighted by Gasteiger charge is -2.16. The van der Waals surface area contributed by atoms with E-state index in [-0.39, 0.29) is 10.9 Å². The zero-order chi connectivity index (χ0) is 18.2. The summed E-state index contributed by atoms with van der Waals surface area (Å²) in [6.45, 7) is 1.90. The third kappa shape index (κ3) is 3.46. The molecule has 1 fully saturated rings. The molecule has 3 nitrogen and oxygen atoms in total. The highest BCUT2D eigenvalue weighted by atomic mass is 32.2. The highest BCUT2D eigenvalue weighted by molar-refractivity contribution is 8.19. The first-order valence-electron chi connectivity index (χ1n) is 7.33. The predicted octanol–water partition coefficient (Wildman–Crippen LogP) is 5.07. The molecule has 0 unspecified atom stereocenters. The third-order valence-corrected chi connectivity index (χ3v) is 4.62. The lowest BCUT2D eigenvalue weighted by atomic mass is 10.1. The van der Waals surface area contributed by atoms with E-state index in [9.17, 15) is 18.0 Å². The molecule has 2 aromatic rings. The normalized spacial score (nSPS) is 16.8. The number of thioether (sulfide) groups is 1. The second kappa shape index (κ2) is 6.40. The Balaban J connectivity index is 1.96. The van der Waals surface area contributed by atoms with Crippen LogP contribution in [-0.4, -0.2) is 11.1 Å². The Morgan fingerprint density at radius 1 is 1.12 bits per heavy atom. The number of alkyl halides is 3. The number of amidine groups is 1. The molecule has 0 spiro atoms. The number of rotatable bonds is 2. The summed E-state index contributed by atoms with van der Waals surface area (Å²) in [5.74, 6) is -0.502. The van der Waals surface area contributed by atoms with E-state index in [0.29, 0.717) is 4.91 Å². The maximum atomic E-state index is 12.9. The standard InChI is InChI=1S/C18H13F3N2OS/c1-11-5-2-3-6-12(11)9-15-16(24)23(17(22)25-15)14-8-4-7-13(10-14)18(19,20)21/h2-10,22H,1H3/b15-9-,22-17?. The zero-order valence-corrected chi connectivity index (χ0v) is 13.9. The fraction of sp³-hybridized carbons (Fsp3) is 0.111. The van der Waals surface area contributed by atoms with Gasteiger partial charge in [-0.1, -0.05) is 30.3 Å². The average Bonchev–Trinajstić information content (AvgIpc) is 2.83. The molecular weight excluding hydrogens is 349 g/mol. The van der Waals surface area contributed by atoms with Crippen LogP contribution in [0.1, 0.15) is 16.7 Å². The summed E-state index contributed by atoms with van der Waals surface area (Å²) in [6, 6.07) is 11.9. The largest absolute Gasteiger partial charge is 0.416 e. The number of aryl methyl sites for hydroxylation is 1. The summed E-state index contributed by atoms with van der Waals surface area (Å²) < 4.78 is 38.7. The van der Waals surface area contributed by atoms with E-state index in [1.165, 1.54) is 12.1 Å². The molecule has 0 aromatic heterocycles. The number of benzene rings is 2. The Labute approximate surface area is 146 Å². The molecule has 1 aliphatic rings. The number of hydrogen-bond acceptors (Lipinski definition) is 3. The van der Waals surface area contributed by atoms with Gasteiger partial charge in [-0.05, 0) is 54.1 Å². The van der Waals surface area contributed by atoms with Crippen LogP contribution in [0.15, 0.2) is 53.4 Å². The molecule has 1 saturated heterocycles. The first-order chi connectivity index (χ1) is 11.8. The van der Waals surface area contributed by atoms with Crippen LogP contribution in [0.4, 0.5) is 18.9 Å². The maximum absolute atomic E-state index is 12.9. The van der Waals surface area contributed by atoms with Crippen molar-refractivity contribution in [1.29, 1.82) is 5.41 Å². The van der Waals surface area contributed by atoms with Crippen LogP contribution < -0.4 is 4.90 Å². The van der Waals surface area contributed by atoms with Crippen molar-refractivity contribution >= 4 is 34.6 Å². The average molecular weight is 362 g/mol. The first kappa shape index (κ1) is 17.3. The number of amides is 1. The molecule has 3 rings (SSSR count). The number of carbonyl (C=O) groups excluding carboxylic acids is 1. The first-order valence-corrected chi connectivity index (χ1v) is 8.14. The van der Waals surface area contributed by atoms with Crippen LogP contribution in [0.25, 0.3) is 6.08 Å². The van der Waals surface area contributed by atoms with E-state index in [1.807, 2.05) is 31.2 Å². The molecule has 0 saturated carbocycles. The molecule has 0 bridgehead atoms. The summed E-state index contributed by atoms with van der Waals surface area (Å²) >= 11 is 0.933. The van der Waals surface area contributed by atoms with Gasteiger partial charge in [0.1, 0.15) is 0 Å². The molecular formula is C18H13F3N2OS. The highest BCUT2D eigenvalue weighted by Crippen LogP contribution is 2.38. The van der Waals surface area contributed by atoms with Crippen LogP contribution in [0.3, 0.4) is 0 Å². The summed E-state index contributed by atoms with van der Waals surface area (Å²) in [5, 5.41) is 7.87. The van der Waals surface area contributed by atoms with Crippen LogP contribution in [0, 0.1) is 12.3 Å². The number of carbonyl (C=O) groups is 1. The number of anilines is 1. The molecule has 1 amide bonds. The van der Waals surface area contributed by atoms with Gasteiger partial charge in [0.25, 0.3) is 5.91 Å². The Bertz CT molecular complexity index is 890. The van der Waals surface area contributed by atoms with Gasteiger partial charge < -0.3 is 0 Å². The minimum Gasteiger partial charge on any atom is -0.278 e. The Morgan fingerprint density at radius 2 is 1.84 bits per heavy atom. The minimum atomic E-state index is -4.51. The Kier molecular flexibility index (Phi) is 4.43. The molecule has 128 valence electrons. The predicted molar refractivity (Wildman–Crippen MR) is 93.4 cm³/mol. The fourth-order valence-corrected chi connectivity index (χ4v) is 3.29. The highest BCUT2D eigenvalue weighted by Gasteiger charge is 2.36. The van der Waals surface area contributed by atoms with E-state index in [4.69, 9.17) is 5.41 Å².